The number of nitrogens with zero attached hydrogens (tertiary/aromatic N) is 1. The molecule has 0 bridgehead atoms. The molecule has 2 aromatic rings. The van der Waals surface area contributed by atoms with Gasteiger partial charge in [-0.15, -0.1) is 0 Å². The summed E-state index contributed by atoms with van der Waals surface area (Å²) in [6, 6.07) is 16.2. The van der Waals surface area contributed by atoms with Gasteiger partial charge in [0.05, 0.1) is 13.2 Å². The van der Waals surface area contributed by atoms with Crippen LogP contribution in [0.3, 0.4) is 0 Å². The van der Waals surface area contributed by atoms with E-state index in [4.69, 9.17) is 4.74 Å². The summed E-state index contributed by atoms with van der Waals surface area (Å²) in [7, 11) is 3.49. The third-order valence-corrected chi connectivity index (χ3v) is 4.51. The number of carbonyl (C=O) groups is 1. The van der Waals surface area contributed by atoms with Gasteiger partial charge in [-0.05, 0) is 50.5 Å². The van der Waals surface area contributed by atoms with Gasteiger partial charge in [-0.25, -0.2) is 4.79 Å². The lowest BCUT2D eigenvalue weighted by Gasteiger charge is -2.27. The molecule has 2 unspecified atom stereocenters. The van der Waals surface area contributed by atoms with Crippen molar-refractivity contribution >= 4 is 6.03 Å². The highest BCUT2D eigenvalue weighted by Crippen LogP contribution is 2.19. The number of aryl methyl sites for hydroxylation is 1. The Labute approximate surface area is 150 Å². The third kappa shape index (κ3) is 5.24. The molecule has 0 saturated heterocycles. The lowest BCUT2D eigenvalue weighted by Crippen LogP contribution is -2.43. The van der Waals surface area contributed by atoms with Crippen LogP contribution in [0.2, 0.25) is 0 Å². The van der Waals surface area contributed by atoms with Crippen LogP contribution in [0.5, 0.6) is 5.75 Å². The number of hydrogen-bond donors (Lipinski definition) is 1. The molecule has 0 heterocycles. The molecule has 4 heteroatoms. The summed E-state index contributed by atoms with van der Waals surface area (Å²) in [5.41, 5.74) is 3.49. The van der Waals surface area contributed by atoms with Gasteiger partial charge in [0.1, 0.15) is 5.75 Å². The number of methoxy groups -OCH3 is 1. The molecule has 134 valence electrons. The van der Waals surface area contributed by atoms with Gasteiger partial charge in [-0.2, -0.15) is 0 Å². The largest absolute Gasteiger partial charge is 0.497 e. The molecule has 0 fully saturated rings. The summed E-state index contributed by atoms with van der Waals surface area (Å²) in [5, 5.41) is 3.07. The predicted octanol–water partition coefficient (Wildman–Crippen LogP) is 4.34. The second kappa shape index (κ2) is 8.56. The molecule has 2 aromatic carbocycles. The van der Waals surface area contributed by atoms with Crippen LogP contribution in [0.4, 0.5) is 4.79 Å². The highest BCUT2D eigenvalue weighted by atomic mass is 16.5. The van der Waals surface area contributed by atoms with Crippen LogP contribution >= 0.6 is 0 Å². The standard InChI is InChI=1S/C21H28N2O2/c1-15-9-11-19(12-10-15)17(3)23(4)21(24)22-16(2)13-18-7-6-8-20(14-18)25-5/h6-12,14,16-17H,13H2,1-5H3,(H,22,24). The quantitative estimate of drug-likeness (QED) is 0.850. The van der Waals surface area contributed by atoms with Gasteiger partial charge >= 0.3 is 6.03 Å². The van der Waals surface area contributed by atoms with Crippen molar-refractivity contribution in [3.8, 4) is 5.75 Å². The molecule has 4 nitrogen and oxygen atoms in total. The average molecular weight is 340 g/mol. The number of nitrogens with one attached hydrogen (secondary N) is 1. The van der Waals surface area contributed by atoms with Crippen LogP contribution < -0.4 is 10.1 Å². The zero-order valence-corrected chi connectivity index (χ0v) is 15.7. The first-order chi connectivity index (χ1) is 11.9. The van der Waals surface area contributed by atoms with Crippen molar-refractivity contribution in [3.63, 3.8) is 0 Å². The molecule has 2 amide bonds. The van der Waals surface area contributed by atoms with Crippen LogP contribution in [0, 0.1) is 6.92 Å². The predicted molar refractivity (Wildman–Crippen MR) is 102 cm³/mol. The highest BCUT2D eigenvalue weighted by Gasteiger charge is 2.19. The zero-order chi connectivity index (χ0) is 18.4. The van der Waals surface area contributed by atoms with Crippen LogP contribution in [0.25, 0.3) is 0 Å². The molecule has 0 spiro atoms. The van der Waals surface area contributed by atoms with Gasteiger partial charge in [-0.1, -0.05) is 42.0 Å². The third-order valence-electron chi connectivity index (χ3n) is 4.51. The normalized spacial score (nSPS) is 13.0. The number of ether oxygens (including phenoxy) is 1. The lowest BCUT2D eigenvalue weighted by atomic mass is 10.1. The van der Waals surface area contributed by atoms with E-state index in [0.717, 1.165) is 23.3 Å². The molecular weight excluding hydrogens is 312 g/mol. The Morgan fingerprint density at radius 1 is 1.16 bits per heavy atom. The second-order valence-electron chi connectivity index (χ2n) is 6.60. The van der Waals surface area contributed by atoms with Gasteiger partial charge in [-0.3, -0.25) is 0 Å². The zero-order valence-electron chi connectivity index (χ0n) is 15.7. The SMILES string of the molecule is COc1cccc(CC(C)NC(=O)N(C)C(C)c2ccc(C)cc2)c1. The van der Waals surface area contributed by atoms with E-state index in [9.17, 15) is 4.79 Å². The molecule has 1 N–H and O–H groups in total. The van der Waals surface area contributed by atoms with Gasteiger partial charge < -0.3 is 15.0 Å². The van der Waals surface area contributed by atoms with Gasteiger partial charge in [0.15, 0.2) is 0 Å². The van der Waals surface area contributed by atoms with Crippen LogP contribution in [0.15, 0.2) is 48.5 Å². The lowest BCUT2D eigenvalue weighted by molar-refractivity contribution is 0.191. The Morgan fingerprint density at radius 3 is 2.48 bits per heavy atom. The minimum atomic E-state index is -0.0662. The van der Waals surface area contributed by atoms with Crippen molar-refractivity contribution in [1.29, 1.82) is 0 Å². The van der Waals surface area contributed by atoms with Crippen LogP contribution in [-0.2, 0) is 6.42 Å². The molecule has 2 rings (SSSR count). The van der Waals surface area contributed by atoms with Crippen molar-refractivity contribution in [2.24, 2.45) is 0 Å². The van der Waals surface area contributed by atoms with E-state index >= 15 is 0 Å². The maximum Gasteiger partial charge on any atom is 0.317 e. The summed E-state index contributed by atoms with van der Waals surface area (Å²) in [5.74, 6) is 0.834. The molecule has 0 aliphatic carbocycles. The van der Waals surface area contributed by atoms with Crippen molar-refractivity contribution in [1.82, 2.24) is 10.2 Å². The fraction of sp³-hybridized carbons (Fsp3) is 0.381. The molecule has 0 aromatic heterocycles. The molecule has 0 radical (unpaired) electrons. The Kier molecular flexibility index (Phi) is 6.45. The number of amides is 2. The minimum Gasteiger partial charge on any atom is -0.497 e. The van der Waals surface area contributed by atoms with Crippen molar-refractivity contribution < 1.29 is 9.53 Å². The first kappa shape index (κ1) is 18.8. The van der Waals surface area contributed by atoms with E-state index in [1.54, 1.807) is 12.0 Å². The Bertz CT molecular complexity index is 697. The van der Waals surface area contributed by atoms with E-state index in [-0.39, 0.29) is 18.1 Å². The summed E-state index contributed by atoms with van der Waals surface area (Å²) in [6.45, 7) is 6.11. The van der Waals surface area contributed by atoms with Gasteiger partial charge in [0, 0.05) is 13.1 Å². The maximum atomic E-state index is 12.5. The number of benzene rings is 2. The van der Waals surface area contributed by atoms with Crippen molar-refractivity contribution in [2.75, 3.05) is 14.2 Å². The smallest absolute Gasteiger partial charge is 0.317 e. The molecular formula is C21H28N2O2. The first-order valence-corrected chi connectivity index (χ1v) is 8.63. The number of hydrogen-bond acceptors (Lipinski definition) is 2. The Balaban J connectivity index is 1.94. The maximum absolute atomic E-state index is 12.5. The number of carbonyl (C=O) groups excluding carboxylic acids is 1. The Morgan fingerprint density at radius 2 is 1.84 bits per heavy atom. The highest BCUT2D eigenvalue weighted by molar-refractivity contribution is 5.74. The van der Waals surface area contributed by atoms with E-state index in [2.05, 4.69) is 36.5 Å². The number of rotatable bonds is 6. The van der Waals surface area contributed by atoms with E-state index in [1.165, 1.54) is 5.56 Å². The summed E-state index contributed by atoms with van der Waals surface area (Å²) < 4.78 is 5.25. The fourth-order valence-electron chi connectivity index (χ4n) is 2.76. The summed E-state index contributed by atoms with van der Waals surface area (Å²) >= 11 is 0. The Hall–Kier alpha value is -2.49. The molecule has 0 aliphatic heterocycles. The minimum absolute atomic E-state index is 0.0182. The van der Waals surface area contributed by atoms with Crippen molar-refractivity contribution in [3.05, 3.63) is 65.2 Å². The first-order valence-electron chi connectivity index (χ1n) is 8.63. The van der Waals surface area contributed by atoms with Gasteiger partial charge in [0.2, 0.25) is 0 Å². The van der Waals surface area contributed by atoms with E-state index in [0.29, 0.717) is 0 Å². The molecule has 0 saturated carbocycles. The monoisotopic (exact) mass is 340 g/mol. The van der Waals surface area contributed by atoms with Gasteiger partial charge in [0.25, 0.3) is 0 Å². The second-order valence-corrected chi connectivity index (χ2v) is 6.60. The molecule has 25 heavy (non-hydrogen) atoms. The van der Waals surface area contributed by atoms with Crippen LogP contribution in [0.1, 0.15) is 36.6 Å². The van der Waals surface area contributed by atoms with Crippen LogP contribution in [-0.4, -0.2) is 31.1 Å². The summed E-state index contributed by atoms with van der Waals surface area (Å²) in [4.78, 5) is 14.3. The van der Waals surface area contributed by atoms with Crippen molar-refractivity contribution in [2.45, 2.75) is 39.3 Å². The average Bonchev–Trinajstić information content (AvgIpc) is 2.61. The van der Waals surface area contributed by atoms with E-state index in [1.807, 2.05) is 45.2 Å². The summed E-state index contributed by atoms with van der Waals surface area (Å²) in [6.07, 6.45) is 0.760. The number of urea groups is 1. The molecule has 2 atom stereocenters. The molecule has 0 aliphatic rings. The fourth-order valence-corrected chi connectivity index (χ4v) is 2.76. The topological polar surface area (TPSA) is 41.6 Å². The van der Waals surface area contributed by atoms with E-state index < -0.39 is 0 Å².